The highest BCUT2D eigenvalue weighted by Gasteiger charge is 2.15. The SMILES string of the molecule is COCCCNC(=O)c1cccc(CNC(=O)c2cnsc2Nc2cnc3ccccc3n2)c1. The molecule has 174 valence electrons. The monoisotopic (exact) mass is 476 g/mol. The number of ether oxygens (including phenoxy) is 1. The van der Waals surface area contributed by atoms with Gasteiger partial charge in [0.25, 0.3) is 11.8 Å². The molecule has 0 unspecified atom stereocenters. The fourth-order valence-electron chi connectivity index (χ4n) is 3.25. The van der Waals surface area contributed by atoms with Gasteiger partial charge in [-0.25, -0.2) is 4.98 Å². The number of hydrogen-bond acceptors (Lipinski definition) is 8. The van der Waals surface area contributed by atoms with E-state index in [1.165, 1.54) is 17.7 Å². The molecule has 2 heterocycles. The van der Waals surface area contributed by atoms with Crippen LogP contribution in [-0.2, 0) is 11.3 Å². The highest BCUT2D eigenvalue weighted by molar-refractivity contribution is 7.10. The largest absolute Gasteiger partial charge is 0.385 e. The fourth-order valence-corrected chi connectivity index (χ4v) is 3.90. The number of rotatable bonds is 10. The first-order valence-electron chi connectivity index (χ1n) is 10.7. The van der Waals surface area contributed by atoms with E-state index in [4.69, 9.17) is 4.74 Å². The van der Waals surface area contributed by atoms with Crippen LogP contribution in [0, 0.1) is 0 Å². The highest BCUT2D eigenvalue weighted by Crippen LogP contribution is 2.24. The number of benzene rings is 2. The van der Waals surface area contributed by atoms with Gasteiger partial charge in [0.15, 0.2) is 0 Å². The summed E-state index contributed by atoms with van der Waals surface area (Å²) in [5.41, 5.74) is 3.31. The van der Waals surface area contributed by atoms with Gasteiger partial charge in [-0.15, -0.1) is 0 Å². The van der Waals surface area contributed by atoms with Crippen molar-refractivity contribution in [2.24, 2.45) is 0 Å². The van der Waals surface area contributed by atoms with Gasteiger partial charge in [-0.1, -0.05) is 24.3 Å². The molecule has 2 aromatic heterocycles. The molecule has 3 N–H and O–H groups in total. The Bertz CT molecular complexity index is 1290. The van der Waals surface area contributed by atoms with E-state index in [1.54, 1.807) is 31.5 Å². The number of nitrogens with one attached hydrogen (secondary N) is 3. The average Bonchev–Trinajstić information content (AvgIpc) is 3.33. The first-order chi connectivity index (χ1) is 16.6. The Balaban J connectivity index is 1.37. The number of carbonyl (C=O) groups excluding carboxylic acids is 2. The van der Waals surface area contributed by atoms with Gasteiger partial charge in [0, 0.05) is 32.4 Å². The minimum atomic E-state index is -0.278. The van der Waals surface area contributed by atoms with Crippen LogP contribution in [0.3, 0.4) is 0 Å². The Hall–Kier alpha value is -3.89. The Morgan fingerprint density at radius 1 is 1.00 bits per heavy atom. The third-order valence-electron chi connectivity index (χ3n) is 4.96. The Morgan fingerprint density at radius 2 is 1.85 bits per heavy atom. The molecule has 10 heteroatoms. The highest BCUT2D eigenvalue weighted by atomic mass is 32.1. The lowest BCUT2D eigenvalue weighted by molar-refractivity contribution is 0.0944. The van der Waals surface area contributed by atoms with Crippen molar-refractivity contribution in [3.63, 3.8) is 0 Å². The van der Waals surface area contributed by atoms with Crippen LogP contribution in [0.15, 0.2) is 60.9 Å². The summed E-state index contributed by atoms with van der Waals surface area (Å²) in [4.78, 5) is 34.0. The molecule has 0 aliphatic carbocycles. The summed E-state index contributed by atoms with van der Waals surface area (Å²) >= 11 is 1.17. The summed E-state index contributed by atoms with van der Waals surface area (Å²) in [5.74, 6) is 0.0925. The first-order valence-corrected chi connectivity index (χ1v) is 11.5. The summed E-state index contributed by atoms with van der Waals surface area (Å²) in [7, 11) is 1.63. The molecule has 4 aromatic rings. The zero-order valence-corrected chi connectivity index (χ0v) is 19.4. The van der Waals surface area contributed by atoms with Gasteiger partial charge in [0.2, 0.25) is 0 Å². The van der Waals surface area contributed by atoms with Gasteiger partial charge in [-0.3, -0.25) is 14.6 Å². The zero-order chi connectivity index (χ0) is 23.8. The second kappa shape index (κ2) is 11.3. The van der Waals surface area contributed by atoms with Crippen molar-refractivity contribution in [1.29, 1.82) is 0 Å². The molecule has 34 heavy (non-hydrogen) atoms. The molecule has 2 amide bonds. The third-order valence-corrected chi connectivity index (χ3v) is 5.67. The third kappa shape index (κ3) is 5.91. The summed E-state index contributed by atoms with van der Waals surface area (Å²) in [5, 5.41) is 9.46. The molecule has 0 fully saturated rings. The maximum absolute atomic E-state index is 12.8. The van der Waals surface area contributed by atoms with Gasteiger partial charge in [0.1, 0.15) is 10.8 Å². The topological polar surface area (TPSA) is 118 Å². The van der Waals surface area contributed by atoms with Crippen molar-refractivity contribution >= 4 is 45.2 Å². The van der Waals surface area contributed by atoms with Gasteiger partial charge in [-0.2, -0.15) is 4.37 Å². The number of hydrogen-bond donors (Lipinski definition) is 3. The smallest absolute Gasteiger partial charge is 0.256 e. The van der Waals surface area contributed by atoms with E-state index >= 15 is 0 Å². The van der Waals surface area contributed by atoms with Gasteiger partial charge in [-0.05, 0) is 47.8 Å². The number of amides is 2. The molecule has 0 aliphatic heterocycles. The predicted octanol–water partition coefficient (Wildman–Crippen LogP) is 3.53. The normalized spacial score (nSPS) is 10.7. The molecular weight excluding hydrogens is 452 g/mol. The molecule has 2 aromatic carbocycles. The number of para-hydroxylation sites is 2. The number of aromatic nitrogens is 3. The van der Waals surface area contributed by atoms with E-state index < -0.39 is 0 Å². The summed E-state index contributed by atoms with van der Waals surface area (Å²) in [6, 6.07) is 14.7. The summed E-state index contributed by atoms with van der Waals surface area (Å²) in [6.07, 6.45) is 3.88. The maximum atomic E-state index is 12.8. The van der Waals surface area contributed by atoms with Crippen LogP contribution < -0.4 is 16.0 Å². The molecule has 9 nitrogen and oxygen atoms in total. The molecule has 0 bridgehead atoms. The van der Waals surface area contributed by atoms with Crippen molar-refractivity contribution in [2.75, 3.05) is 25.6 Å². The molecule has 0 saturated heterocycles. The number of methoxy groups -OCH3 is 1. The number of nitrogens with zero attached hydrogens (tertiary/aromatic N) is 3. The Kier molecular flexibility index (Phi) is 7.74. The fraction of sp³-hybridized carbons (Fsp3) is 0.208. The molecule has 0 spiro atoms. The minimum Gasteiger partial charge on any atom is -0.385 e. The molecule has 0 atom stereocenters. The second-order valence-electron chi connectivity index (χ2n) is 7.42. The van der Waals surface area contributed by atoms with Crippen molar-refractivity contribution in [2.45, 2.75) is 13.0 Å². The van der Waals surface area contributed by atoms with Crippen LogP contribution in [0.25, 0.3) is 11.0 Å². The van der Waals surface area contributed by atoms with Gasteiger partial charge >= 0.3 is 0 Å². The number of anilines is 2. The van der Waals surface area contributed by atoms with E-state index in [-0.39, 0.29) is 18.4 Å². The minimum absolute atomic E-state index is 0.158. The van der Waals surface area contributed by atoms with Crippen LogP contribution in [0.2, 0.25) is 0 Å². The van der Waals surface area contributed by atoms with E-state index in [2.05, 4.69) is 30.3 Å². The Morgan fingerprint density at radius 3 is 2.71 bits per heavy atom. The van der Waals surface area contributed by atoms with Crippen molar-refractivity contribution in [1.82, 2.24) is 25.0 Å². The quantitative estimate of drug-likeness (QED) is 0.300. The Labute approximate surface area is 200 Å². The van der Waals surface area contributed by atoms with E-state index in [0.29, 0.717) is 35.1 Å². The van der Waals surface area contributed by atoms with E-state index in [9.17, 15) is 9.59 Å². The second-order valence-corrected chi connectivity index (χ2v) is 8.22. The standard InChI is InChI=1S/C24H24N6O3S/c1-33-11-5-10-25-22(31)17-7-4-6-16(12-17)13-27-23(32)18-14-28-34-24(18)30-21-15-26-19-8-2-3-9-20(19)29-21/h2-4,6-9,12,14-15H,5,10-11,13H2,1H3,(H,25,31)(H,27,32)(H,29,30). The van der Waals surface area contributed by atoms with Crippen LogP contribution in [0.4, 0.5) is 10.8 Å². The molecule has 0 aliphatic rings. The van der Waals surface area contributed by atoms with Crippen molar-refractivity contribution < 1.29 is 14.3 Å². The van der Waals surface area contributed by atoms with Gasteiger partial charge in [0.05, 0.1) is 29.0 Å². The predicted molar refractivity (Wildman–Crippen MR) is 131 cm³/mol. The molecule has 0 saturated carbocycles. The summed E-state index contributed by atoms with van der Waals surface area (Å²) in [6.45, 7) is 1.40. The average molecular weight is 477 g/mol. The lowest BCUT2D eigenvalue weighted by Crippen LogP contribution is -2.26. The van der Waals surface area contributed by atoms with Crippen molar-refractivity contribution in [3.8, 4) is 0 Å². The van der Waals surface area contributed by atoms with Gasteiger partial charge < -0.3 is 20.7 Å². The van der Waals surface area contributed by atoms with E-state index in [1.807, 2.05) is 30.3 Å². The van der Waals surface area contributed by atoms with Crippen LogP contribution in [-0.4, -0.2) is 46.4 Å². The lowest BCUT2D eigenvalue weighted by atomic mass is 10.1. The van der Waals surface area contributed by atoms with Crippen LogP contribution in [0.5, 0.6) is 0 Å². The molecular formula is C24H24N6O3S. The van der Waals surface area contributed by atoms with Crippen LogP contribution >= 0.6 is 11.5 Å². The zero-order valence-electron chi connectivity index (χ0n) is 18.6. The van der Waals surface area contributed by atoms with Crippen LogP contribution in [0.1, 0.15) is 32.7 Å². The number of carbonyl (C=O) groups is 2. The maximum Gasteiger partial charge on any atom is 0.256 e. The van der Waals surface area contributed by atoms with Crippen molar-refractivity contribution in [3.05, 3.63) is 77.6 Å². The lowest BCUT2D eigenvalue weighted by Gasteiger charge is -2.09. The molecule has 0 radical (unpaired) electrons. The first kappa shape index (κ1) is 23.3. The van der Waals surface area contributed by atoms with E-state index in [0.717, 1.165) is 23.0 Å². The summed E-state index contributed by atoms with van der Waals surface area (Å²) < 4.78 is 9.13. The molecule has 4 rings (SSSR count). The number of fused-ring (bicyclic) bond motifs is 1.